The molecule has 0 spiro atoms. The van der Waals surface area contributed by atoms with Gasteiger partial charge in [0.2, 0.25) is 0 Å². The molecule has 90 valence electrons. The molecule has 16 heavy (non-hydrogen) atoms. The van der Waals surface area contributed by atoms with Crippen molar-refractivity contribution in [3.63, 3.8) is 0 Å². The Kier molecular flexibility index (Phi) is 6.08. The van der Waals surface area contributed by atoms with E-state index in [0.29, 0.717) is 0 Å². The summed E-state index contributed by atoms with van der Waals surface area (Å²) < 4.78 is 5.06. The van der Waals surface area contributed by atoms with E-state index in [4.69, 9.17) is 4.74 Å². The molecule has 1 N–H and O–H groups in total. The van der Waals surface area contributed by atoms with Crippen LogP contribution in [0.15, 0.2) is 24.3 Å². The molecular weight excluding hydrogens is 200 g/mol. The monoisotopic (exact) mass is 222 g/mol. The molecule has 0 fully saturated rings. The molecule has 0 atom stereocenters. The molecule has 1 aromatic carbocycles. The van der Waals surface area contributed by atoms with Gasteiger partial charge in [-0.25, -0.2) is 0 Å². The van der Waals surface area contributed by atoms with Gasteiger partial charge in [-0.2, -0.15) is 0 Å². The highest BCUT2D eigenvalue weighted by atomic mass is 16.5. The van der Waals surface area contributed by atoms with E-state index >= 15 is 0 Å². The van der Waals surface area contributed by atoms with Crippen molar-refractivity contribution in [1.29, 1.82) is 0 Å². The van der Waals surface area contributed by atoms with E-state index in [-0.39, 0.29) is 0 Å². The van der Waals surface area contributed by atoms with Crippen LogP contribution in [0.1, 0.15) is 11.1 Å². The predicted molar refractivity (Wildman–Crippen MR) is 67.4 cm³/mol. The van der Waals surface area contributed by atoms with Crippen molar-refractivity contribution in [2.24, 2.45) is 0 Å². The van der Waals surface area contributed by atoms with Gasteiger partial charge in [0, 0.05) is 26.7 Å². The molecule has 0 aliphatic rings. The number of nitrogens with zero attached hydrogens (tertiary/aromatic N) is 1. The van der Waals surface area contributed by atoms with Crippen LogP contribution < -0.4 is 5.32 Å². The summed E-state index contributed by atoms with van der Waals surface area (Å²) in [6.45, 7) is 3.65. The Morgan fingerprint density at radius 3 is 2.75 bits per heavy atom. The summed E-state index contributed by atoms with van der Waals surface area (Å²) in [5, 5.41) is 3.17. The highest BCUT2D eigenvalue weighted by molar-refractivity contribution is 5.23. The normalized spacial score (nSPS) is 11.0. The number of benzene rings is 1. The zero-order chi connectivity index (χ0) is 11.8. The van der Waals surface area contributed by atoms with Gasteiger partial charge < -0.3 is 10.1 Å². The highest BCUT2D eigenvalue weighted by Gasteiger charge is 2.00. The molecule has 0 aromatic heterocycles. The third-order valence-electron chi connectivity index (χ3n) is 2.50. The van der Waals surface area contributed by atoms with Crippen molar-refractivity contribution in [2.45, 2.75) is 13.1 Å². The van der Waals surface area contributed by atoms with Crippen LogP contribution in [0.5, 0.6) is 0 Å². The van der Waals surface area contributed by atoms with Crippen LogP contribution in [-0.2, 0) is 17.8 Å². The lowest BCUT2D eigenvalue weighted by Crippen LogP contribution is -2.22. The fourth-order valence-corrected chi connectivity index (χ4v) is 1.68. The Balaban J connectivity index is 2.49. The molecule has 0 aliphatic carbocycles. The van der Waals surface area contributed by atoms with E-state index < -0.39 is 0 Å². The predicted octanol–water partition coefficient (Wildman–Crippen LogP) is 1.48. The minimum absolute atomic E-state index is 0.784. The molecule has 3 nitrogen and oxygen atoms in total. The van der Waals surface area contributed by atoms with Crippen molar-refractivity contribution in [3.8, 4) is 0 Å². The maximum Gasteiger partial charge on any atom is 0.0589 e. The lowest BCUT2D eigenvalue weighted by Gasteiger charge is -2.16. The van der Waals surface area contributed by atoms with Gasteiger partial charge in [0.05, 0.1) is 6.61 Å². The van der Waals surface area contributed by atoms with Gasteiger partial charge in [-0.3, -0.25) is 4.90 Å². The van der Waals surface area contributed by atoms with E-state index in [9.17, 15) is 0 Å². The summed E-state index contributed by atoms with van der Waals surface area (Å²) in [5.74, 6) is 0. The number of likely N-dealkylation sites (N-methyl/N-ethyl adjacent to an activating group) is 1. The molecule has 0 radical (unpaired) electrons. The minimum Gasteiger partial charge on any atom is -0.383 e. The van der Waals surface area contributed by atoms with Crippen LogP contribution in [0.3, 0.4) is 0 Å². The second kappa shape index (κ2) is 7.39. The molecule has 3 heteroatoms. The molecule has 0 amide bonds. The Morgan fingerprint density at radius 2 is 2.06 bits per heavy atom. The van der Waals surface area contributed by atoms with Gasteiger partial charge in [-0.1, -0.05) is 24.3 Å². The summed E-state index contributed by atoms with van der Waals surface area (Å²) in [6.07, 6.45) is 0. The Bertz CT molecular complexity index is 302. The van der Waals surface area contributed by atoms with Crippen molar-refractivity contribution < 1.29 is 4.74 Å². The van der Waals surface area contributed by atoms with E-state index in [1.807, 2.05) is 7.05 Å². The molecular formula is C13H22N2O. The van der Waals surface area contributed by atoms with Crippen LogP contribution in [0, 0.1) is 0 Å². The average molecular weight is 222 g/mol. The standard InChI is InChI=1S/C13H22N2O/c1-14-10-12-5-4-6-13(9-12)11-15(2)7-8-16-3/h4-6,9,14H,7-8,10-11H2,1-3H3. The number of hydrogen-bond acceptors (Lipinski definition) is 3. The van der Waals surface area contributed by atoms with Crippen LogP contribution >= 0.6 is 0 Å². The van der Waals surface area contributed by atoms with E-state index in [1.54, 1.807) is 7.11 Å². The molecule has 1 rings (SSSR count). The first-order valence-corrected chi connectivity index (χ1v) is 5.66. The van der Waals surface area contributed by atoms with Crippen molar-refractivity contribution in [2.75, 3.05) is 34.4 Å². The summed E-state index contributed by atoms with van der Waals surface area (Å²) in [4.78, 5) is 2.27. The van der Waals surface area contributed by atoms with E-state index in [2.05, 4.69) is 41.5 Å². The van der Waals surface area contributed by atoms with Crippen molar-refractivity contribution >= 4 is 0 Å². The summed E-state index contributed by atoms with van der Waals surface area (Å²) in [7, 11) is 5.82. The first-order chi connectivity index (χ1) is 7.76. The van der Waals surface area contributed by atoms with Gasteiger partial charge in [-0.05, 0) is 25.2 Å². The topological polar surface area (TPSA) is 24.5 Å². The third-order valence-corrected chi connectivity index (χ3v) is 2.50. The maximum absolute atomic E-state index is 5.06. The summed E-state index contributed by atoms with van der Waals surface area (Å²) >= 11 is 0. The smallest absolute Gasteiger partial charge is 0.0589 e. The van der Waals surface area contributed by atoms with Crippen LogP contribution in [0.2, 0.25) is 0 Å². The lowest BCUT2D eigenvalue weighted by atomic mass is 10.1. The number of rotatable bonds is 7. The SMILES string of the molecule is CNCc1cccc(CN(C)CCOC)c1. The fourth-order valence-electron chi connectivity index (χ4n) is 1.68. The van der Waals surface area contributed by atoms with E-state index in [1.165, 1.54) is 11.1 Å². The Labute approximate surface area is 98.4 Å². The zero-order valence-corrected chi connectivity index (χ0v) is 10.5. The first-order valence-electron chi connectivity index (χ1n) is 5.66. The fraction of sp³-hybridized carbons (Fsp3) is 0.538. The number of hydrogen-bond donors (Lipinski definition) is 1. The van der Waals surface area contributed by atoms with Crippen LogP contribution in [0.25, 0.3) is 0 Å². The quantitative estimate of drug-likeness (QED) is 0.756. The van der Waals surface area contributed by atoms with Gasteiger partial charge in [0.15, 0.2) is 0 Å². The largest absolute Gasteiger partial charge is 0.383 e. The average Bonchev–Trinajstić information content (AvgIpc) is 2.27. The number of ether oxygens (including phenoxy) is 1. The molecule has 0 bridgehead atoms. The second-order valence-corrected chi connectivity index (χ2v) is 4.08. The maximum atomic E-state index is 5.06. The molecule has 0 unspecified atom stereocenters. The van der Waals surface area contributed by atoms with Gasteiger partial charge in [-0.15, -0.1) is 0 Å². The summed E-state index contributed by atoms with van der Waals surface area (Å²) in [5.41, 5.74) is 2.69. The van der Waals surface area contributed by atoms with Crippen molar-refractivity contribution in [3.05, 3.63) is 35.4 Å². The van der Waals surface area contributed by atoms with Crippen LogP contribution in [0.4, 0.5) is 0 Å². The molecule has 1 aromatic rings. The lowest BCUT2D eigenvalue weighted by molar-refractivity contribution is 0.158. The zero-order valence-electron chi connectivity index (χ0n) is 10.5. The minimum atomic E-state index is 0.784. The second-order valence-electron chi connectivity index (χ2n) is 4.08. The van der Waals surface area contributed by atoms with E-state index in [0.717, 1.165) is 26.2 Å². The van der Waals surface area contributed by atoms with Gasteiger partial charge >= 0.3 is 0 Å². The Hall–Kier alpha value is -0.900. The highest BCUT2D eigenvalue weighted by Crippen LogP contribution is 2.07. The van der Waals surface area contributed by atoms with Crippen LogP contribution in [-0.4, -0.2) is 39.3 Å². The van der Waals surface area contributed by atoms with Crippen molar-refractivity contribution in [1.82, 2.24) is 10.2 Å². The third kappa shape index (κ3) is 4.75. The molecule has 0 aliphatic heterocycles. The number of methoxy groups -OCH3 is 1. The molecule has 0 saturated heterocycles. The molecule has 0 saturated carbocycles. The summed E-state index contributed by atoms with van der Waals surface area (Å²) in [6, 6.07) is 8.68. The number of nitrogens with one attached hydrogen (secondary N) is 1. The van der Waals surface area contributed by atoms with Gasteiger partial charge in [0.1, 0.15) is 0 Å². The first kappa shape index (κ1) is 13.2. The van der Waals surface area contributed by atoms with Gasteiger partial charge in [0.25, 0.3) is 0 Å². The molecule has 0 heterocycles. The Morgan fingerprint density at radius 1 is 1.31 bits per heavy atom.